The van der Waals surface area contributed by atoms with Gasteiger partial charge in [0.05, 0.1) is 12.2 Å². The Kier molecular flexibility index (Phi) is 5.70. The van der Waals surface area contributed by atoms with Crippen LogP contribution < -0.4 is 5.32 Å². The second-order valence-electron chi connectivity index (χ2n) is 7.81. The molecule has 0 saturated heterocycles. The zero-order valence-corrected chi connectivity index (χ0v) is 16.3. The molecule has 0 unspecified atom stereocenters. The molecule has 0 radical (unpaired) electrons. The fourth-order valence-corrected chi connectivity index (χ4v) is 3.19. The number of hydrogen-bond donors (Lipinski definition) is 2. The molecule has 148 valence electrons. The first-order valence-electron chi connectivity index (χ1n) is 9.24. The molecule has 28 heavy (non-hydrogen) atoms. The highest BCUT2D eigenvalue weighted by molar-refractivity contribution is 5.80. The van der Waals surface area contributed by atoms with E-state index in [0.717, 1.165) is 23.1 Å². The van der Waals surface area contributed by atoms with Crippen LogP contribution in [-0.4, -0.2) is 35.4 Å². The van der Waals surface area contributed by atoms with Crippen molar-refractivity contribution in [1.29, 1.82) is 0 Å². The Morgan fingerprint density at radius 2 is 1.82 bits per heavy atom. The Hall–Kier alpha value is -2.86. The number of rotatable bonds is 6. The fraction of sp³-hybridized carbons (Fsp3) is 0.364. The molecule has 0 aromatic heterocycles. The molecule has 0 fully saturated rings. The summed E-state index contributed by atoms with van der Waals surface area (Å²) >= 11 is 0. The molecule has 6 heteroatoms. The Labute approximate surface area is 164 Å². The Balaban J connectivity index is 1.62. The van der Waals surface area contributed by atoms with Crippen LogP contribution in [0.5, 0.6) is 0 Å². The van der Waals surface area contributed by atoms with E-state index in [2.05, 4.69) is 23.5 Å². The molecule has 1 atom stereocenters. The lowest BCUT2D eigenvalue weighted by atomic mass is 10.0. The van der Waals surface area contributed by atoms with Crippen LogP contribution in [0.15, 0.2) is 42.5 Å². The molecule has 0 heterocycles. The summed E-state index contributed by atoms with van der Waals surface area (Å²) < 4.78 is 10.8. The van der Waals surface area contributed by atoms with Gasteiger partial charge in [-0.1, -0.05) is 42.5 Å². The van der Waals surface area contributed by atoms with Gasteiger partial charge in [0.2, 0.25) is 0 Å². The van der Waals surface area contributed by atoms with Gasteiger partial charge in [0, 0.05) is 0 Å². The zero-order valence-electron chi connectivity index (χ0n) is 16.3. The number of carbonyl (C=O) groups excluding carboxylic acids is 1. The topological polar surface area (TPSA) is 84.9 Å². The average molecular weight is 383 g/mol. The molecule has 0 spiro atoms. The quantitative estimate of drug-likeness (QED) is 0.677. The molecular weight excluding hydrogens is 358 g/mol. The molecule has 1 aliphatic rings. The number of hydrogen-bond acceptors (Lipinski definition) is 4. The summed E-state index contributed by atoms with van der Waals surface area (Å²) in [6.45, 7) is 5.40. The van der Waals surface area contributed by atoms with Gasteiger partial charge in [-0.25, -0.2) is 9.59 Å². The second kappa shape index (κ2) is 8.02. The van der Waals surface area contributed by atoms with Crippen molar-refractivity contribution >= 4 is 12.1 Å². The van der Waals surface area contributed by atoms with Crippen molar-refractivity contribution in [3.05, 3.63) is 59.2 Å². The van der Waals surface area contributed by atoms with E-state index >= 15 is 0 Å². The Bertz CT molecular complexity index is 885. The number of amides is 1. The number of carboxylic acid groups (broad SMARTS) is 1. The molecule has 0 aliphatic heterocycles. The van der Waals surface area contributed by atoms with E-state index in [1.165, 1.54) is 11.1 Å². The van der Waals surface area contributed by atoms with Crippen molar-refractivity contribution in [2.45, 2.75) is 45.4 Å². The monoisotopic (exact) mass is 383 g/mol. The highest BCUT2D eigenvalue weighted by atomic mass is 16.6. The fourth-order valence-electron chi connectivity index (χ4n) is 3.19. The molecule has 2 N–H and O–H groups in total. The van der Waals surface area contributed by atoms with Crippen LogP contribution >= 0.6 is 0 Å². The third-order valence-electron chi connectivity index (χ3n) is 4.58. The minimum absolute atomic E-state index is 0.0788. The maximum Gasteiger partial charge on any atom is 0.408 e. The van der Waals surface area contributed by atoms with Crippen LogP contribution in [0.3, 0.4) is 0 Å². The van der Waals surface area contributed by atoms with Gasteiger partial charge in [0.1, 0.15) is 6.61 Å². The Morgan fingerprint density at radius 3 is 2.54 bits per heavy atom. The molecule has 1 aliphatic carbocycles. The lowest BCUT2D eigenvalue weighted by molar-refractivity contribution is -0.142. The SMILES string of the molecule is CC(C)(C)OC[C@@H](NC(=O)OCc1cccc2c1Cc1ccccc1-2)C(=O)O. The minimum Gasteiger partial charge on any atom is -0.480 e. The zero-order chi connectivity index (χ0) is 20.3. The van der Waals surface area contributed by atoms with Crippen LogP contribution in [0.25, 0.3) is 11.1 Å². The van der Waals surface area contributed by atoms with Gasteiger partial charge >= 0.3 is 12.1 Å². The van der Waals surface area contributed by atoms with Crippen molar-refractivity contribution in [3.63, 3.8) is 0 Å². The summed E-state index contributed by atoms with van der Waals surface area (Å²) in [5.41, 5.74) is 5.16. The number of nitrogens with one attached hydrogen (secondary N) is 1. The first-order chi connectivity index (χ1) is 13.2. The number of carbonyl (C=O) groups is 2. The molecule has 1 amide bonds. The first kappa shape index (κ1) is 19.9. The van der Waals surface area contributed by atoms with Crippen molar-refractivity contribution in [1.82, 2.24) is 5.32 Å². The first-order valence-corrected chi connectivity index (χ1v) is 9.24. The largest absolute Gasteiger partial charge is 0.480 e. The maximum atomic E-state index is 12.1. The summed E-state index contributed by atoms with van der Waals surface area (Å²) in [5.74, 6) is -1.17. The average Bonchev–Trinajstić information content (AvgIpc) is 3.01. The molecule has 0 bridgehead atoms. The molecule has 2 aromatic rings. The van der Waals surface area contributed by atoms with Crippen LogP contribution in [0, 0.1) is 0 Å². The van der Waals surface area contributed by atoms with Gasteiger partial charge in [-0.3, -0.25) is 0 Å². The van der Waals surface area contributed by atoms with Gasteiger partial charge in [-0.15, -0.1) is 0 Å². The van der Waals surface area contributed by atoms with Crippen molar-refractivity contribution in [2.75, 3.05) is 6.61 Å². The summed E-state index contributed by atoms with van der Waals surface area (Å²) in [5, 5.41) is 11.6. The third kappa shape index (κ3) is 4.70. The molecule has 0 saturated carbocycles. The van der Waals surface area contributed by atoms with E-state index in [4.69, 9.17) is 9.47 Å². The molecule has 2 aromatic carbocycles. The van der Waals surface area contributed by atoms with Crippen molar-refractivity contribution in [3.8, 4) is 11.1 Å². The number of aliphatic carboxylic acids is 1. The van der Waals surface area contributed by atoms with E-state index < -0.39 is 23.7 Å². The number of ether oxygens (including phenoxy) is 2. The number of benzene rings is 2. The Morgan fingerprint density at radius 1 is 1.11 bits per heavy atom. The lowest BCUT2D eigenvalue weighted by Gasteiger charge is -2.23. The van der Waals surface area contributed by atoms with Crippen LogP contribution in [0.1, 0.15) is 37.5 Å². The van der Waals surface area contributed by atoms with E-state index in [-0.39, 0.29) is 13.2 Å². The van der Waals surface area contributed by atoms with E-state index in [1.807, 2.05) is 45.0 Å². The van der Waals surface area contributed by atoms with E-state index in [9.17, 15) is 14.7 Å². The lowest BCUT2D eigenvalue weighted by Crippen LogP contribution is -2.45. The van der Waals surface area contributed by atoms with Gasteiger partial charge < -0.3 is 19.9 Å². The summed E-state index contributed by atoms with van der Waals surface area (Å²) in [6.07, 6.45) is 0.0159. The van der Waals surface area contributed by atoms with Gasteiger partial charge in [0.15, 0.2) is 6.04 Å². The van der Waals surface area contributed by atoms with Crippen molar-refractivity contribution in [2.24, 2.45) is 0 Å². The normalized spacial score (nSPS) is 13.4. The van der Waals surface area contributed by atoms with Crippen LogP contribution in [-0.2, 0) is 27.3 Å². The second-order valence-corrected chi connectivity index (χ2v) is 7.81. The molecular formula is C22H25NO5. The highest BCUT2D eigenvalue weighted by Crippen LogP contribution is 2.38. The van der Waals surface area contributed by atoms with E-state index in [1.54, 1.807) is 0 Å². The van der Waals surface area contributed by atoms with Crippen LogP contribution in [0.2, 0.25) is 0 Å². The van der Waals surface area contributed by atoms with Gasteiger partial charge in [-0.2, -0.15) is 0 Å². The summed E-state index contributed by atoms with van der Waals surface area (Å²) in [4.78, 5) is 23.5. The third-order valence-corrected chi connectivity index (χ3v) is 4.58. The summed E-state index contributed by atoms with van der Waals surface area (Å²) in [6, 6.07) is 13.0. The van der Waals surface area contributed by atoms with E-state index in [0.29, 0.717) is 0 Å². The van der Waals surface area contributed by atoms with Crippen LogP contribution in [0.4, 0.5) is 4.79 Å². The predicted octanol–water partition coefficient (Wildman–Crippen LogP) is 3.75. The smallest absolute Gasteiger partial charge is 0.408 e. The number of alkyl carbamates (subject to hydrolysis) is 1. The van der Waals surface area contributed by atoms with Gasteiger partial charge in [0.25, 0.3) is 0 Å². The van der Waals surface area contributed by atoms with Gasteiger partial charge in [-0.05, 0) is 55.0 Å². The predicted molar refractivity (Wildman–Crippen MR) is 105 cm³/mol. The maximum absolute atomic E-state index is 12.1. The van der Waals surface area contributed by atoms with Crippen molar-refractivity contribution < 1.29 is 24.2 Å². The summed E-state index contributed by atoms with van der Waals surface area (Å²) in [7, 11) is 0. The number of fused-ring (bicyclic) bond motifs is 3. The molecule has 3 rings (SSSR count). The highest BCUT2D eigenvalue weighted by Gasteiger charge is 2.25. The minimum atomic E-state index is -1.17. The standard InChI is InChI=1S/C22H25NO5/c1-22(2,3)28-13-19(20(24)25)23-21(26)27-12-15-8-6-10-17-16-9-5-4-7-14(16)11-18(15)17/h4-10,19H,11-13H2,1-3H3,(H,23,26)(H,24,25)/t19-/m1/s1. The number of carboxylic acids is 1. The molecule has 6 nitrogen and oxygen atoms in total.